The van der Waals surface area contributed by atoms with Crippen LogP contribution in [0.3, 0.4) is 0 Å². The number of hydrogen-bond acceptors (Lipinski definition) is 3. The van der Waals surface area contributed by atoms with E-state index in [9.17, 15) is 4.89 Å². The molecule has 0 radical (unpaired) electrons. The molecule has 0 aromatic heterocycles. The molecule has 170 valence electrons. The van der Waals surface area contributed by atoms with Crippen LogP contribution in [0.4, 0.5) is 0 Å². The molecule has 0 N–H and O–H groups in total. The summed E-state index contributed by atoms with van der Waals surface area (Å²) in [5.41, 5.74) is 0. The first-order valence-electron chi connectivity index (χ1n) is 12.5. The molecule has 5 heteroatoms. The first kappa shape index (κ1) is 32.5. The number of hydrogen-bond donors (Lipinski definition) is 0. The summed E-state index contributed by atoms with van der Waals surface area (Å²) in [6, 6.07) is 0. The predicted octanol–water partition coefficient (Wildman–Crippen LogP) is 5.45. The third-order valence-corrected chi connectivity index (χ3v) is 6.18. The van der Waals surface area contributed by atoms with Gasteiger partial charge in [-0.1, -0.05) is 129 Å². The van der Waals surface area contributed by atoms with Crippen molar-refractivity contribution in [1.82, 2.24) is 0 Å². The van der Waals surface area contributed by atoms with Crippen LogP contribution in [-0.2, 0) is 9.05 Å². The molecule has 0 rings (SSSR count). The van der Waals surface area contributed by atoms with E-state index in [0.29, 0.717) is 13.2 Å². The summed E-state index contributed by atoms with van der Waals surface area (Å²) in [5, 5.41) is 0. The summed E-state index contributed by atoms with van der Waals surface area (Å²) in [4.78, 5) is 11.7. The van der Waals surface area contributed by atoms with Gasteiger partial charge in [-0.3, -0.25) is 0 Å². The van der Waals surface area contributed by atoms with Gasteiger partial charge in [-0.15, -0.1) is 0 Å². The van der Waals surface area contributed by atoms with Gasteiger partial charge in [0, 0.05) is 0 Å². The summed E-state index contributed by atoms with van der Waals surface area (Å²) < 4.78 is 10.6. The van der Waals surface area contributed by atoms with Gasteiger partial charge in [0.15, 0.2) is 0 Å². The van der Waals surface area contributed by atoms with Gasteiger partial charge in [0.2, 0.25) is 0 Å². The zero-order chi connectivity index (χ0) is 20.5. The van der Waals surface area contributed by atoms with Gasteiger partial charge in [-0.25, -0.2) is 0 Å². The minimum atomic E-state index is -1.90. The summed E-state index contributed by atoms with van der Waals surface area (Å²) in [5.74, 6) is 0. The van der Waals surface area contributed by atoms with Crippen molar-refractivity contribution in [2.75, 3.05) is 13.2 Å². The average molecular weight is 441 g/mol. The summed E-state index contributed by atoms with van der Waals surface area (Å²) in [7, 11) is -1.90. The second-order valence-corrected chi connectivity index (χ2v) is 9.22. The quantitative estimate of drug-likeness (QED) is 0.114. The Kier molecular flexibility index (Phi) is 32.8. The molecular weight excluding hydrogens is 390 g/mol. The van der Waals surface area contributed by atoms with Gasteiger partial charge in [-0.05, 0) is 12.8 Å². The monoisotopic (exact) mass is 440 g/mol. The Morgan fingerprint density at radius 2 is 0.690 bits per heavy atom. The van der Waals surface area contributed by atoms with Crippen LogP contribution in [0, 0.1) is 0 Å². The summed E-state index contributed by atoms with van der Waals surface area (Å²) in [6.45, 7) is 5.67. The van der Waals surface area contributed by atoms with Gasteiger partial charge in [0.1, 0.15) is 0 Å². The van der Waals surface area contributed by atoms with Gasteiger partial charge >= 0.3 is 29.6 Å². The maximum Gasteiger partial charge on any atom is 1.00 e. The molecule has 0 atom stereocenters. The van der Waals surface area contributed by atoms with Crippen LogP contribution < -0.4 is 34.5 Å². The van der Waals surface area contributed by atoms with Crippen LogP contribution in [0.25, 0.3) is 0 Å². The van der Waals surface area contributed by atoms with E-state index in [0.717, 1.165) is 12.8 Å². The largest absolute Gasteiger partial charge is 1.00 e. The Balaban J connectivity index is 0. The second kappa shape index (κ2) is 29.3. The molecule has 0 heterocycles. The first-order chi connectivity index (χ1) is 13.8. The van der Waals surface area contributed by atoms with Gasteiger partial charge in [0.05, 0.1) is 21.8 Å². The summed E-state index contributed by atoms with van der Waals surface area (Å²) >= 11 is 0. The fourth-order valence-corrected chi connectivity index (χ4v) is 4.13. The van der Waals surface area contributed by atoms with Crippen molar-refractivity contribution in [1.29, 1.82) is 0 Å². The molecule has 0 bridgehead atoms. The van der Waals surface area contributed by atoms with E-state index in [1.807, 2.05) is 0 Å². The van der Waals surface area contributed by atoms with E-state index in [1.54, 1.807) is 0 Å². The van der Waals surface area contributed by atoms with Gasteiger partial charge < -0.3 is 13.9 Å². The van der Waals surface area contributed by atoms with E-state index in [4.69, 9.17) is 9.05 Å². The second-order valence-electron chi connectivity index (χ2n) is 8.25. The van der Waals surface area contributed by atoms with Crippen molar-refractivity contribution in [3.05, 3.63) is 0 Å². The molecular formula is C24H50NaO3P. The van der Waals surface area contributed by atoms with Crippen molar-refractivity contribution in [3.63, 3.8) is 0 Å². The molecule has 0 amide bonds. The average Bonchev–Trinajstić information content (AvgIpc) is 2.70. The molecule has 0 saturated carbocycles. The molecule has 0 spiro atoms. The van der Waals surface area contributed by atoms with Crippen LogP contribution in [0.15, 0.2) is 0 Å². The Bertz CT molecular complexity index is 257. The predicted molar refractivity (Wildman–Crippen MR) is 123 cm³/mol. The number of unbranched alkanes of at least 4 members (excludes halogenated alkanes) is 18. The SMILES string of the molecule is CCCCCCCCCCCCOP([O-])OCCCCCCCCCCCC.[Na+]. The molecule has 0 unspecified atom stereocenters. The summed E-state index contributed by atoms with van der Waals surface area (Å²) in [6.07, 6.45) is 26.1. The van der Waals surface area contributed by atoms with E-state index >= 15 is 0 Å². The zero-order valence-corrected chi connectivity index (χ0v) is 23.1. The van der Waals surface area contributed by atoms with E-state index < -0.39 is 8.60 Å². The molecule has 0 aromatic carbocycles. The Morgan fingerprint density at radius 1 is 0.448 bits per heavy atom. The molecule has 0 saturated heterocycles. The van der Waals surface area contributed by atoms with Gasteiger partial charge in [-0.2, -0.15) is 0 Å². The molecule has 0 aliphatic carbocycles. The normalized spacial score (nSPS) is 11.2. The van der Waals surface area contributed by atoms with Crippen molar-refractivity contribution in [2.24, 2.45) is 0 Å². The van der Waals surface area contributed by atoms with Crippen LogP contribution in [0.5, 0.6) is 0 Å². The molecule has 29 heavy (non-hydrogen) atoms. The first-order valence-corrected chi connectivity index (χ1v) is 13.6. The maximum absolute atomic E-state index is 11.7. The van der Waals surface area contributed by atoms with Crippen LogP contribution in [0.2, 0.25) is 0 Å². The fraction of sp³-hybridized carbons (Fsp3) is 1.00. The molecule has 3 nitrogen and oxygen atoms in total. The fourth-order valence-electron chi connectivity index (χ4n) is 3.49. The molecule has 0 aliphatic heterocycles. The van der Waals surface area contributed by atoms with Crippen molar-refractivity contribution in [3.8, 4) is 0 Å². The number of rotatable bonds is 24. The van der Waals surface area contributed by atoms with E-state index in [2.05, 4.69) is 13.8 Å². The minimum Gasteiger partial charge on any atom is -0.786 e. The third kappa shape index (κ3) is 29.3. The van der Waals surface area contributed by atoms with Gasteiger partial charge in [0.25, 0.3) is 0 Å². The zero-order valence-electron chi connectivity index (χ0n) is 20.2. The Morgan fingerprint density at radius 3 is 0.966 bits per heavy atom. The third-order valence-electron chi connectivity index (χ3n) is 5.39. The molecule has 0 aliphatic rings. The van der Waals surface area contributed by atoms with E-state index in [-0.39, 0.29) is 29.6 Å². The Labute approximate surface area is 206 Å². The Hall–Kier alpha value is 1.31. The van der Waals surface area contributed by atoms with Crippen molar-refractivity contribution in [2.45, 2.75) is 142 Å². The molecule has 0 fully saturated rings. The smallest absolute Gasteiger partial charge is 0.786 e. The van der Waals surface area contributed by atoms with Crippen molar-refractivity contribution >= 4 is 8.60 Å². The standard InChI is InChI=1S/C24H50O3P.Na/c1-3-5-7-9-11-13-15-17-19-21-23-26-28(25)27-24-22-20-18-16-14-12-10-8-6-4-2;/h3-24H2,1-2H3;/q-1;+1. The van der Waals surface area contributed by atoms with Crippen LogP contribution in [0.1, 0.15) is 142 Å². The molecule has 0 aromatic rings. The minimum absolute atomic E-state index is 0. The van der Waals surface area contributed by atoms with E-state index in [1.165, 1.54) is 116 Å². The maximum atomic E-state index is 11.7. The van der Waals surface area contributed by atoms with Crippen LogP contribution >= 0.6 is 8.60 Å². The van der Waals surface area contributed by atoms with Crippen LogP contribution in [-0.4, -0.2) is 13.2 Å². The topological polar surface area (TPSA) is 41.5 Å². The van der Waals surface area contributed by atoms with Crippen molar-refractivity contribution < 1.29 is 43.5 Å².